The van der Waals surface area contributed by atoms with Crippen molar-refractivity contribution in [2.45, 2.75) is 6.04 Å². The van der Waals surface area contributed by atoms with E-state index in [2.05, 4.69) is 29.0 Å². The quantitative estimate of drug-likeness (QED) is 0.562. The highest BCUT2D eigenvalue weighted by Crippen LogP contribution is 2.34. The Bertz CT molecular complexity index is 708. The summed E-state index contributed by atoms with van der Waals surface area (Å²) in [4.78, 5) is 0. The largest absolute Gasteiger partial charge is 0.271 e. The minimum absolute atomic E-state index is 0.101. The number of halogens is 1. The van der Waals surface area contributed by atoms with Gasteiger partial charge in [-0.1, -0.05) is 48.0 Å². The molecule has 4 heteroatoms. The van der Waals surface area contributed by atoms with Gasteiger partial charge in [-0.15, -0.1) is 11.3 Å². The van der Waals surface area contributed by atoms with Crippen molar-refractivity contribution in [1.29, 1.82) is 0 Å². The van der Waals surface area contributed by atoms with E-state index in [9.17, 15) is 0 Å². The van der Waals surface area contributed by atoms with E-state index in [1.807, 2.05) is 30.3 Å². The van der Waals surface area contributed by atoms with Crippen LogP contribution in [0.25, 0.3) is 10.1 Å². The number of nitrogens with one attached hydrogen (secondary N) is 1. The Balaban J connectivity index is 2.18. The predicted octanol–water partition coefficient (Wildman–Crippen LogP) is 4.11. The van der Waals surface area contributed by atoms with Crippen LogP contribution in [0, 0.1) is 0 Å². The zero-order valence-electron chi connectivity index (χ0n) is 10.1. The molecule has 0 saturated carbocycles. The molecule has 19 heavy (non-hydrogen) atoms. The standard InChI is InChI=1S/C15H13ClN2S/c16-13-7-2-1-5-11(13)14(18-17)12-6-3-4-10-8-9-19-15(10)12/h1-9,14,18H,17H2. The third kappa shape index (κ3) is 2.26. The van der Waals surface area contributed by atoms with Gasteiger partial charge in [-0.25, -0.2) is 5.43 Å². The fourth-order valence-electron chi connectivity index (χ4n) is 2.30. The molecule has 3 N–H and O–H groups in total. The molecule has 1 heterocycles. The first kappa shape index (κ1) is 12.6. The fraction of sp³-hybridized carbons (Fsp3) is 0.0667. The van der Waals surface area contributed by atoms with Gasteiger partial charge in [0.25, 0.3) is 0 Å². The van der Waals surface area contributed by atoms with E-state index in [1.165, 1.54) is 10.1 Å². The smallest absolute Gasteiger partial charge is 0.0738 e. The maximum Gasteiger partial charge on any atom is 0.0738 e. The van der Waals surface area contributed by atoms with Crippen LogP contribution in [0.5, 0.6) is 0 Å². The van der Waals surface area contributed by atoms with Crippen LogP contribution in [0.3, 0.4) is 0 Å². The van der Waals surface area contributed by atoms with Gasteiger partial charge in [0, 0.05) is 9.72 Å². The second-order valence-electron chi connectivity index (χ2n) is 4.31. The van der Waals surface area contributed by atoms with E-state index in [4.69, 9.17) is 17.4 Å². The van der Waals surface area contributed by atoms with Crippen LogP contribution in [-0.4, -0.2) is 0 Å². The molecule has 0 aliphatic heterocycles. The first-order valence-corrected chi connectivity index (χ1v) is 7.23. The highest BCUT2D eigenvalue weighted by molar-refractivity contribution is 7.17. The minimum atomic E-state index is -0.101. The molecule has 2 aromatic carbocycles. The van der Waals surface area contributed by atoms with Crippen molar-refractivity contribution in [3.63, 3.8) is 0 Å². The van der Waals surface area contributed by atoms with Crippen LogP contribution in [0.4, 0.5) is 0 Å². The normalized spacial score (nSPS) is 12.7. The summed E-state index contributed by atoms with van der Waals surface area (Å²) in [6.07, 6.45) is 0. The molecule has 1 atom stereocenters. The molecule has 3 aromatic rings. The molecule has 1 unspecified atom stereocenters. The van der Waals surface area contributed by atoms with Gasteiger partial charge < -0.3 is 0 Å². The zero-order chi connectivity index (χ0) is 13.2. The van der Waals surface area contributed by atoms with Crippen LogP contribution in [0.2, 0.25) is 5.02 Å². The third-order valence-corrected chi connectivity index (χ3v) is 4.53. The molecule has 3 rings (SSSR count). The van der Waals surface area contributed by atoms with Crippen molar-refractivity contribution in [3.05, 3.63) is 70.1 Å². The van der Waals surface area contributed by atoms with Crippen LogP contribution in [-0.2, 0) is 0 Å². The molecule has 0 aliphatic rings. The summed E-state index contributed by atoms with van der Waals surface area (Å²) in [6.45, 7) is 0. The van der Waals surface area contributed by atoms with Gasteiger partial charge >= 0.3 is 0 Å². The van der Waals surface area contributed by atoms with Gasteiger partial charge in [-0.2, -0.15) is 0 Å². The second kappa shape index (κ2) is 5.31. The van der Waals surface area contributed by atoms with Crippen molar-refractivity contribution in [1.82, 2.24) is 5.43 Å². The van der Waals surface area contributed by atoms with E-state index >= 15 is 0 Å². The number of benzene rings is 2. The van der Waals surface area contributed by atoms with E-state index in [0.717, 1.165) is 16.1 Å². The first-order valence-electron chi connectivity index (χ1n) is 5.98. The summed E-state index contributed by atoms with van der Waals surface area (Å²) in [7, 11) is 0. The number of rotatable bonds is 3. The minimum Gasteiger partial charge on any atom is -0.271 e. The lowest BCUT2D eigenvalue weighted by molar-refractivity contribution is 0.642. The summed E-state index contributed by atoms with van der Waals surface area (Å²) in [5.41, 5.74) is 5.03. The average Bonchev–Trinajstić information content (AvgIpc) is 2.91. The molecule has 96 valence electrons. The van der Waals surface area contributed by atoms with E-state index in [-0.39, 0.29) is 6.04 Å². The van der Waals surface area contributed by atoms with Crippen LogP contribution < -0.4 is 11.3 Å². The molecular weight excluding hydrogens is 276 g/mol. The van der Waals surface area contributed by atoms with Gasteiger partial charge in [-0.05, 0) is 34.0 Å². The van der Waals surface area contributed by atoms with Gasteiger partial charge in [0.2, 0.25) is 0 Å². The maximum atomic E-state index is 6.28. The molecule has 0 radical (unpaired) electrons. The number of fused-ring (bicyclic) bond motifs is 1. The fourth-order valence-corrected chi connectivity index (χ4v) is 3.49. The Labute approximate surface area is 120 Å². The predicted molar refractivity (Wildman–Crippen MR) is 82.4 cm³/mol. The van der Waals surface area contributed by atoms with Crippen LogP contribution in [0.15, 0.2) is 53.9 Å². The van der Waals surface area contributed by atoms with Crippen molar-refractivity contribution in [2.75, 3.05) is 0 Å². The van der Waals surface area contributed by atoms with E-state index in [1.54, 1.807) is 11.3 Å². The number of nitrogens with two attached hydrogens (primary N) is 1. The summed E-state index contributed by atoms with van der Waals surface area (Å²) in [5, 5.41) is 4.04. The highest BCUT2D eigenvalue weighted by atomic mass is 35.5. The summed E-state index contributed by atoms with van der Waals surface area (Å²) in [5.74, 6) is 5.76. The average molecular weight is 289 g/mol. The Kier molecular flexibility index (Phi) is 3.53. The molecule has 0 saturated heterocycles. The first-order chi connectivity index (χ1) is 9.31. The monoisotopic (exact) mass is 288 g/mol. The molecule has 0 fully saturated rings. The molecule has 0 spiro atoms. The lowest BCUT2D eigenvalue weighted by Gasteiger charge is -2.19. The zero-order valence-corrected chi connectivity index (χ0v) is 11.7. The summed E-state index contributed by atoms with van der Waals surface area (Å²) >= 11 is 8.00. The Hall–Kier alpha value is -1.39. The molecule has 0 aliphatic carbocycles. The molecule has 0 bridgehead atoms. The highest BCUT2D eigenvalue weighted by Gasteiger charge is 2.17. The van der Waals surface area contributed by atoms with Crippen molar-refractivity contribution < 1.29 is 0 Å². The number of hydrazine groups is 1. The van der Waals surface area contributed by atoms with Gasteiger partial charge in [0.1, 0.15) is 0 Å². The molecule has 2 nitrogen and oxygen atoms in total. The van der Waals surface area contributed by atoms with Crippen molar-refractivity contribution in [2.24, 2.45) is 5.84 Å². The molecular formula is C15H13ClN2S. The summed E-state index contributed by atoms with van der Waals surface area (Å²) in [6, 6.07) is 16.0. The van der Waals surface area contributed by atoms with Crippen LogP contribution >= 0.6 is 22.9 Å². The molecule has 1 aromatic heterocycles. The van der Waals surface area contributed by atoms with E-state index < -0.39 is 0 Å². The van der Waals surface area contributed by atoms with Gasteiger partial charge in [-0.3, -0.25) is 5.84 Å². The number of thiophene rings is 1. The lowest BCUT2D eigenvalue weighted by atomic mass is 9.98. The summed E-state index contributed by atoms with van der Waals surface area (Å²) < 4.78 is 1.24. The van der Waals surface area contributed by atoms with E-state index in [0.29, 0.717) is 0 Å². The third-order valence-electron chi connectivity index (χ3n) is 3.20. The maximum absolute atomic E-state index is 6.28. The number of hydrogen-bond acceptors (Lipinski definition) is 3. The van der Waals surface area contributed by atoms with Crippen molar-refractivity contribution in [3.8, 4) is 0 Å². The van der Waals surface area contributed by atoms with Gasteiger partial charge in [0.15, 0.2) is 0 Å². The Morgan fingerprint density at radius 3 is 2.58 bits per heavy atom. The second-order valence-corrected chi connectivity index (χ2v) is 5.63. The van der Waals surface area contributed by atoms with Crippen molar-refractivity contribution >= 4 is 33.0 Å². The topological polar surface area (TPSA) is 38.0 Å². The van der Waals surface area contributed by atoms with Crippen LogP contribution in [0.1, 0.15) is 17.2 Å². The SMILES string of the molecule is NNC(c1ccccc1Cl)c1cccc2ccsc12. The number of hydrogen-bond donors (Lipinski definition) is 2. The Morgan fingerprint density at radius 1 is 1.00 bits per heavy atom. The molecule has 0 amide bonds. The van der Waals surface area contributed by atoms with Gasteiger partial charge in [0.05, 0.1) is 6.04 Å². The Morgan fingerprint density at radius 2 is 1.79 bits per heavy atom. The lowest BCUT2D eigenvalue weighted by Crippen LogP contribution is -2.29.